The molecule has 3 rings (SSSR count). The molecule has 2 atom stereocenters. The Labute approximate surface area is 210 Å². The van der Waals surface area contributed by atoms with E-state index in [4.69, 9.17) is 4.74 Å². The summed E-state index contributed by atoms with van der Waals surface area (Å²) in [6, 6.07) is 7.96. The van der Waals surface area contributed by atoms with E-state index in [9.17, 15) is 4.79 Å². The maximum Gasteiger partial charge on any atom is 0.321 e. The molecular weight excluding hydrogens is 517 g/mol. The van der Waals surface area contributed by atoms with Gasteiger partial charge in [-0.25, -0.2) is 4.79 Å². The highest BCUT2D eigenvalue weighted by molar-refractivity contribution is 14.0. The Balaban J connectivity index is 0.00000363. The molecule has 8 heteroatoms. The summed E-state index contributed by atoms with van der Waals surface area (Å²) in [5.41, 5.74) is 2.05. The predicted octanol–water partition coefficient (Wildman–Crippen LogP) is 4.44. The van der Waals surface area contributed by atoms with Gasteiger partial charge in [-0.3, -0.25) is 4.99 Å². The lowest BCUT2D eigenvalue weighted by molar-refractivity contribution is -0.0835. The molecule has 0 aliphatic carbocycles. The molecule has 32 heavy (non-hydrogen) atoms. The van der Waals surface area contributed by atoms with Crippen molar-refractivity contribution in [1.29, 1.82) is 0 Å². The summed E-state index contributed by atoms with van der Waals surface area (Å²) in [5.74, 6) is 1.25. The van der Waals surface area contributed by atoms with Crippen molar-refractivity contribution >= 4 is 41.7 Å². The van der Waals surface area contributed by atoms with Crippen LogP contribution >= 0.6 is 24.0 Å². The first kappa shape index (κ1) is 26.7. The number of urea groups is 1. The van der Waals surface area contributed by atoms with Gasteiger partial charge in [0.2, 0.25) is 0 Å². The van der Waals surface area contributed by atoms with Gasteiger partial charge in [-0.15, -0.1) is 24.0 Å². The van der Waals surface area contributed by atoms with E-state index in [-0.39, 0.29) is 41.5 Å². The van der Waals surface area contributed by atoms with Crippen molar-refractivity contribution in [2.24, 2.45) is 16.3 Å². The number of nitrogens with one attached hydrogen (secondary N) is 3. The number of hydrogen-bond acceptors (Lipinski definition) is 3. The molecule has 180 valence electrons. The number of nitrogens with zero attached hydrogens (tertiary/aromatic N) is 2. The summed E-state index contributed by atoms with van der Waals surface area (Å²) < 4.78 is 6.09. The molecule has 2 amide bonds. The van der Waals surface area contributed by atoms with Crippen LogP contribution in [0.15, 0.2) is 29.3 Å². The number of rotatable bonds is 5. The minimum atomic E-state index is -0.0109. The largest absolute Gasteiger partial charge is 0.377 e. The second kappa shape index (κ2) is 12.6. The van der Waals surface area contributed by atoms with Crippen LogP contribution in [0.4, 0.5) is 10.5 Å². The molecule has 3 N–H and O–H groups in total. The Morgan fingerprint density at radius 3 is 2.62 bits per heavy atom. The lowest BCUT2D eigenvalue weighted by Crippen LogP contribution is -2.47. The Kier molecular flexibility index (Phi) is 10.5. The zero-order valence-corrected chi connectivity index (χ0v) is 22.3. The highest BCUT2D eigenvalue weighted by atomic mass is 127. The number of anilines is 1. The van der Waals surface area contributed by atoms with Crippen molar-refractivity contribution in [3.63, 3.8) is 0 Å². The summed E-state index contributed by atoms with van der Waals surface area (Å²) in [4.78, 5) is 18.6. The zero-order chi connectivity index (χ0) is 22.3. The fraction of sp³-hybridized carbons (Fsp3) is 0.667. The van der Waals surface area contributed by atoms with Gasteiger partial charge in [-0.1, -0.05) is 32.9 Å². The third-order valence-electron chi connectivity index (χ3n) is 6.09. The number of amides is 2. The van der Waals surface area contributed by atoms with Crippen molar-refractivity contribution < 1.29 is 9.53 Å². The maximum atomic E-state index is 12.3. The summed E-state index contributed by atoms with van der Waals surface area (Å²) in [6.07, 6.45) is 4.72. The zero-order valence-electron chi connectivity index (χ0n) is 19.9. The fourth-order valence-electron chi connectivity index (χ4n) is 4.53. The molecule has 2 unspecified atom stereocenters. The second-order valence-electron chi connectivity index (χ2n) is 9.69. The van der Waals surface area contributed by atoms with Crippen LogP contribution in [0.25, 0.3) is 0 Å². The second-order valence-corrected chi connectivity index (χ2v) is 9.69. The van der Waals surface area contributed by atoms with Crippen LogP contribution in [0.1, 0.15) is 52.0 Å². The minimum absolute atomic E-state index is 0. The molecule has 0 saturated carbocycles. The number of benzene rings is 1. The van der Waals surface area contributed by atoms with E-state index in [2.05, 4.69) is 47.8 Å². The molecule has 0 bridgehead atoms. The summed E-state index contributed by atoms with van der Waals surface area (Å²) in [5, 5.41) is 9.88. The average Bonchev–Trinajstić information content (AvgIpc) is 3.29. The summed E-state index contributed by atoms with van der Waals surface area (Å²) in [7, 11) is 1.79. The highest BCUT2D eigenvalue weighted by Gasteiger charge is 2.35. The first-order valence-electron chi connectivity index (χ1n) is 11.6. The van der Waals surface area contributed by atoms with Gasteiger partial charge in [-0.2, -0.15) is 0 Å². The van der Waals surface area contributed by atoms with E-state index in [0.717, 1.165) is 62.7 Å². The lowest BCUT2D eigenvalue weighted by Gasteiger charge is -2.40. The number of halogens is 1. The first-order chi connectivity index (χ1) is 14.9. The van der Waals surface area contributed by atoms with Crippen LogP contribution in [-0.2, 0) is 11.3 Å². The number of ether oxygens (including phenoxy) is 1. The molecule has 0 aromatic heterocycles. The van der Waals surface area contributed by atoms with Crippen molar-refractivity contribution in [2.45, 2.75) is 59.1 Å². The number of guanidine groups is 1. The standard InChI is InChI=1S/C24H39N5O2.HI/c1-24(2,3)21-19(10-8-14-31-21)17-27-22(25-4)26-16-18-9-7-11-20(15-18)28-23(30)29-12-5-6-13-29;/h7,9,11,15,19,21H,5-6,8,10,12-14,16-17H2,1-4H3,(H,28,30)(H2,25,26,27);1H. The smallest absolute Gasteiger partial charge is 0.321 e. The number of carbonyl (C=O) groups excluding carboxylic acids is 1. The molecule has 7 nitrogen and oxygen atoms in total. The number of hydrogen-bond donors (Lipinski definition) is 3. The third kappa shape index (κ3) is 7.79. The van der Waals surface area contributed by atoms with E-state index in [1.165, 1.54) is 6.42 Å². The molecule has 0 radical (unpaired) electrons. The quantitative estimate of drug-likeness (QED) is 0.284. The molecular formula is C24H40IN5O2. The van der Waals surface area contributed by atoms with Crippen LogP contribution in [-0.4, -0.2) is 56.3 Å². The van der Waals surface area contributed by atoms with E-state index in [1.807, 2.05) is 23.1 Å². The maximum absolute atomic E-state index is 12.3. The Morgan fingerprint density at radius 2 is 1.94 bits per heavy atom. The van der Waals surface area contributed by atoms with Crippen LogP contribution < -0.4 is 16.0 Å². The summed E-state index contributed by atoms with van der Waals surface area (Å²) in [6.45, 7) is 10.8. The van der Waals surface area contributed by atoms with Crippen LogP contribution in [0.3, 0.4) is 0 Å². The SMILES string of the molecule is CN=C(NCc1cccc(NC(=O)N2CCCC2)c1)NCC1CCCOC1C(C)(C)C.I. The van der Waals surface area contributed by atoms with Crippen molar-refractivity contribution in [2.75, 3.05) is 38.6 Å². The van der Waals surface area contributed by atoms with Crippen molar-refractivity contribution in [3.8, 4) is 0 Å². The monoisotopic (exact) mass is 557 g/mol. The first-order valence-corrected chi connectivity index (χ1v) is 11.6. The Morgan fingerprint density at radius 1 is 1.19 bits per heavy atom. The van der Waals surface area contributed by atoms with E-state index >= 15 is 0 Å². The number of aliphatic imine (C=N–C) groups is 1. The summed E-state index contributed by atoms with van der Waals surface area (Å²) >= 11 is 0. The van der Waals surface area contributed by atoms with E-state index in [0.29, 0.717) is 12.5 Å². The Bertz CT molecular complexity index is 759. The van der Waals surface area contributed by atoms with Crippen LogP contribution in [0.2, 0.25) is 0 Å². The van der Waals surface area contributed by atoms with Gasteiger partial charge in [0.05, 0.1) is 6.10 Å². The average molecular weight is 558 g/mol. The molecule has 2 aliphatic heterocycles. The van der Waals surface area contributed by atoms with Crippen LogP contribution in [0, 0.1) is 11.3 Å². The molecule has 2 heterocycles. The van der Waals surface area contributed by atoms with Gasteiger partial charge in [0.1, 0.15) is 0 Å². The normalized spacial score (nSPS) is 21.6. The van der Waals surface area contributed by atoms with Crippen LogP contribution in [0.5, 0.6) is 0 Å². The molecule has 2 fully saturated rings. The number of likely N-dealkylation sites (tertiary alicyclic amines) is 1. The van der Waals surface area contributed by atoms with Gasteiger partial charge >= 0.3 is 6.03 Å². The van der Waals surface area contributed by atoms with Gasteiger partial charge in [0, 0.05) is 51.4 Å². The van der Waals surface area contributed by atoms with E-state index in [1.54, 1.807) is 7.05 Å². The van der Waals surface area contributed by atoms with E-state index < -0.39 is 0 Å². The third-order valence-corrected chi connectivity index (χ3v) is 6.09. The van der Waals surface area contributed by atoms with Crippen molar-refractivity contribution in [1.82, 2.24) is 15.5 Å². The van der Waals surface area contributed by atoms with Gasteiger partial charge < -0.3 is 25.6 Å². The predicted molar refractivity (Wildman–Crippen MR) is 142 cm³/mol. The fourth-order valence-corrected chi connectivity index (χ4v) is 4.53. The molecule has 1 aromatic carbocycles. The molecule has 2 saturated heterocycles. The molecule has 1 aromatic rings. The molecule has 2 aliphatic rings. The van der Waals surface area contributed by atoms with Crippen molar-refractivity contribution in [3.05, 3.63) is 29.8 Å². The lowest BCUT2D eigenvalue weighted by atomic mass is 9.78. The minimum Gasteiger partial charge on any atom is -0.377 e. The highest BCUT2D eigenvalue weighted by Crippen LogP contribution is 2.33. The molecule has 0 spiro atoms. The number of carbonyl (C=O) groups is 1. The Hall–Kier alpha value is -1.55. The van der Waals surface area contributed by atoms with Gasteiger partial charge in [-0.05, 0) is 48.8 Å². The topological polar surface area (TPSA) is 78.0 Å². The van der Waals surface area contributed by atoms with Gasteiger partial charge in [0.15, 0.2) is 5.96 Å². The van der Waals surface area contributed by atoms with Gasteiger partial charge in [0.25, 0.3) is 0 Å².